The van der Waals surface area contributed by atoms with E-state index in [0.717, 1.165) is 30.6 Å². The zero-order chi connectivity index (χ0) is 15.1. The van der Waals surface area contributed by atoms with Crippen molar-refractivity contribution in [1.29, 1.82) is 0 Å². The zero-order valence-corrected chi connectivity index (χ0v) is 12.9. The highest BCUT2D eigenvalue weighted by molar-refractivity contribution is 6.30. The molecule has 3 aliphatic rings. The lowest BCUT2D eigenvalue weighted by atomic mass is 10.0. The molecular formula is C17H16ClN3O. The number of halogens is 1. The number of hydrogen-bond acceptors (Lipinski definition) is 2. The van der Waals surface area contributed by atoms with Crippen LogP contribution in [0.4, 0.5) is 0 Å². The summed E-state index contributed by atoms with van der Waals surface area (Å²) in [5.74, 6) is 0. The number of aryl methyl sites for hydroxylation is 1. The Bertz CT molecular complexity index is 847. The number of aromatic amines is 1. The smallest absolute Gasteiger partial charge is 0.282 e. The summed E-state index contributed by atoms with van der Waals surface area (Å²) in [4.78, 5) is 15.9. The fourth-order valence-corrected chi connectivity index (χ4v) is 3.31. The number of benzene rings is 1. The molecule has 0 fully saturated rings. The van der Waals surface area contributed by atoms with E-state index in [1.165, 1.54) is 28.8 Å². The SMILES string of the molecule is O=c1c2c[nH]c3c(c-2nn1-c1ccc(Cl)cc1)CCCCC3. The molecule has 1 aromatic carbocycles. The van der Waals surface area contributed by atoms with E-state index >= 15 is 0 Å². The second kappa shape index (κ2) is 5.29. The molecule has 0 saturated heterocycles. The Balaban J connectivity index is 1.93. The Morgan fingerprint density at radius 1 is 1.09 bits per heavy atom. The largest absolute Gasteiger partial charge is 0.364 e. The van der Waals surface area contributed by atoms with Crippen molar-refractivity contribution in [2.45, 2.75) is 32.1 Å². The van der Waals surface area contributed by atoms with E-state index in [2.05, 4.69) is 10.1 Å². The van der Waals surface area contributed by atoms with Gasteiger partial charge in [-0.3, -0.25) is 4.79 Å². The number of nitrogens with zero attached hydrogens (tertiary/aromatic N) is 2. The first kappa shape index (κ1) is 13.6. The summed E-state index contributed by atoms with van der Waals surface area (Å²) < 4.78 is 1.47. The van der Waals surface area contributed by atoms with Crippen LogP contribution in [-0.4, -0.2) is 14.8 Å². The molecule has 2 heterocycles. The van der Waals surface area contributed by atoms with Crippen LogP contribution < -0.4 is 5.56 Å². The van der Waals surface area contributed by atoms with E-state index in [9.17, 15) is 4.79 Å². The molecule has 2 aliphatic heterocycles. The average Bonchev–Trinajstić information content (AvgIpc) is 2.73. The molecule has 4 nitrogen and oxygen atoms in total. The number of rotatable bonds is 1. The Labute approximate surface area is 133 Å². The van der Waals surface area contributed by atoms with Gasteiger partial charge in [-0.2, -0.15) is 9.78 Å². The average molecular weight is 314 g/mol. The third-order valence-corrected chi connectivity index (χ3v) is 4.60. The summed E-state index contributed by atoms with van der Waals surface area (Å²) in [5, 5.41) is 5.26. The van der Waals surface area contributed by atoms with Gasteiger partial charge in [-0.15, -0.1) is 0 Å². The van der Waals surface area contributed by atoms with Crippen LogP contribution in [0.2, 0.25) is 5.02 Å². The van der Waals surface area contributed by atoms with Crippen LogP contribution in [0, 0.1) is 0 Å². The molecule has 0 radical (unpaired) electrons. The van der Waals surface area contributed by atoms with Gasteiger partial charge in [0.15, 0.2) is 0 Å². The number of fused-ring (bicyclic) bond motifs is 3. The second-order valence-electron chi connectivity index (χ2n) is 5.76. The molecule has 0 spiro atoms. The van der Waals surface area contributed by atoms with Crippen molar-refractivity contribution in [3.63, 3.8) is 0 Å². The van der Waals surface area contributed by atoms with Crippen LogP contribution in [0.3, 0.4) is 0 Å². The van der Waals surface area contributed by atoms with E-state index in [-0.39, 0.29) is 5.56 Å². The molecule has 0 amide bonds. The third kappa shape index (κ3) is 2.15. The highest BCUT2D eigenvalue weighted by Gasteiger charge is 2.23. The lowest BCUT2D eigenvalue weighted by Gasteiger charge is -2.08. The van der Waals surface area contributed by atoms with Gasteiger partial charge < -0.3 is 4.98 Å². The summed E-state index contributed by atoms with van der Waals surface area (Å²) in [6, 6.07) is 7.18. The highest BCUT2D eigenvalue weighted by Crippen LogP contribution is 2.28. The van der Waals surface area contributed by atoms with E-state index in [4.69, 9.17) is 11.6 Å². The molecule has 0 saturated carbocycles. The van der Waals surface area contributed by atoms with Gasteiger partial charge >= 0.3 is 0 Å². The summed E-state index contributed by atoms with van der Waals surface area (Å²) in [6.45, 7) is 0. The topological polar surface area (TPSA) is 50.7 Å². The molecule has 1 aromatic rings. The van der Waals surface area contributed by atoms with Crippen LogP contribution in [0.1, 0.15) is 30.5 Å². The number of aromatic nitrogens is 3. The van der Waals surface area contributed by atoms with Gasteiger partial charge in [-0.1, -0.05) is 18.0 Å². The summed E-state index contributed by atoms with van der Waals surface area (Å²) in [6.07, 6.45) is 7.40. The van der Waals surface area contributed by atoms with Gasteiger partial charge in [0.1, 0.15) is 5.69 Å². The second-order valence-corrected chi connectivity index (χ2v) is 6.20. The molecule has 0 aromatic heterocycles. The molecule has 22 heavy (non-hydrogen) atoms. The van der Waals surface area contributed by atoms with Crippen LogP contribution in [0.15, 0.2) is 35.3 Å². The summed E-state index contributed by atoms with van der Waals surface area (Å²) >= 11 is 5.92. The fourth-order valence-electron chi connectivity index (χ4n) is 3.19. The number of H-pyrrole nitrogens is 1. The van der Waals surface area contributed by atoms with E-state index in [1.807, 2.05) is 12.1 Å². The van der Waals surface area contributed by atoms with Crippen molar-refractivity contribution < 1.29 is 0 Å². The molecule has 1 aliphatic carbocycles. The Kier molecular flexibility index (Phi) is 3.26. The first-order valence-electron chi connectivity index (χ1n) is 7.62. The van der Waals surface area contributed by atoms with Crippen molar-refractivity contribution in [2.24, 2.45) is 0 Å². The number of hydrogen-bond donors (Lipinski definition) is 1. The minimum atomic E-state index is -0.0828. The lowest BCUT2D eigenvalue weighted by Crippen LogP contribution is -2.14. The van der Waals surface area contributed by atoms with Gasteiger partial charge in [-0.25, -0.2) is 0 Å². The summed E-state index contributed by atoms with van der Waals surface area (Å²) in [7, 11) is 0. The van der Waals surface area contributed by atoms with Crippen molar-refractivity contribution >= 4 is 11.6 Å². The van der Waals surface area contributed by atoms with Crippen LogP contribution in [0.5, 0.6) is 0 Å². The monoisotopic (exact) mass is 313 g/mol. The van der Waals surface area contributed by atoms with Gasteiger partial charge in [0.25, 0.3) is 5.56 Å². The fraction of sp³-hybridized carbons (Fsp3) is 0.294. The third-order valence-electron chi connectivity index (χ3n) is 4.34. The minimum Gasteiger partial charge on any atom is -0.364 e. The Hall–Kier alpha value is -2.07. The maximum absolute atomic E-state index is 12.6. The van der Waals surface area contributed by atoms with Crippen molar-refractivity contribution in [1.82, 2.24) is 14.8 Å². The molecule has 112 valence electrons. The molecule has 0 bridgehead atoms. The molecule has 4 rings (SSSR count). The van der Waals surface area contributed by atoms with Gasteiger partial charge in [0.2, 0.25) is 0 Å². The maximum Gasteiger partial charge on any atom is 0.282 e. The molecule has 0 atom stereocenters. The van der Waals surface area contributed by atoms with Crippen LogP contribution in [-0.2, 0) is 12.8 Å². The Morgan fingerprint density at radius 3 is 2.68 bits per heavy atom. The Morgan fingerprint density at radius 2 is 1.86 bits per heavy atom. The molecule has 1 N–H and O–H groups in total. The highest BCUT2D eigenvalue weighted by atomic mass is 35.5. The number of nitrogens with one attached hydrogen (secondary N) is 1. The van der Waals surface area contributed by atoms with Crippen molar-refractivity contribution in [3.8, 4) is 16.9 Å². The minimum absolute atomic E-state index is 0.0828. The van der Waals surface area contributed by atoms with E-state index < -0.39 is 0 Å². The van der Waals surface area contributed by atoms with E-state index in [0.29, 0.717) is 10.6 Å². The van der Waals surface area contributed by atoms with Gasteiger partial charge in [-0.05, 0) is 55.5 Å². The van der Waals surface area contributed by atoms with Gasteiger partial charge in [0.05, 0.1) is 11.3 Å². The maximum atomic E-state index is 12.6. The predicted octanol–water partition coefficient (Wildman–Crippen LogP) is 3.59. The zero-order valence-electron chi connectivity index (χ0n) is 12.1. The lowest BCUT2D eigenvalue weighted by molar-refractivity contribution is 0.708. The van der Waals surface area contributed by atoms with Crippen molar-refractivity contribution in [3.05, 3.63) is 57.1 Å². The van der Waals surface area contributed by atoms with E-state index in [1.54, 1.807) is 18.3 Å². The predicted molar refractivity (Wildman–Crippen MR) is 87.1 cm³/mol. The first-order chi connectivity index (χ1) is 10.7. The molecular weight excluding hydrogens is 298 g/mol. The standard InChI is InChI=1S/C17H16ClN3O/c18-11-6-8-12(9-7-11)21-17(22)14-10-19-15-5-3-1-2-4-13(15)16(14)20-21/h6-10,19H,1-5H2. The van der Waals surface area contributed by atoms with Gasteiger partial charge in [0, 0.05) is 16.9 Å². The normalized spacial score (nSPS) is 14.8. The van der Waals surface area contributed by atoms with Crippen LogP contribution >= 0.6 is 11.6 Å². The van der Waals surface area contributed by atoms with Crippen LogP contribution in [0.25, 0.3) is 16.9 Å². The number of pyridine rings is 1. The quantitative estimate of drug-likeness (QED) is 0.698. The summed E-state index contributed by atoms with van der Waals surface area (Å²) in [5.41, 5.74) is 4.60. The first-order valence-corrected chi connectivity index (χ1v) is 8.00. The van der Waals surface area contributed by atoms with Crippen molar-refractivity contribution in [2.75, 3.05) is 0 Å². The molecule has 0 unspecified atom stereocenters. The molecule has 5 heteroatoms.